The van der Waals surface area contributed by atoms with Crippen LogP contribution in [0.5, 0.6) is 0 Å². The first kappa shape index (κ1) is 21.2. The zero-order valence-corrected chi connectivity index (χ0v) is 19.5. The molecule has 3 atom stereocenters. The zero-order chi connectivity index (χ0) is 22.4. The smallest absolute Gasteiger partial charge is 0.274 e. The van der Waals surface area contributed by atoms with Crippen LogP contribution in [0.1, 0.15) is 44.3 Å². The summed E-state index contributed by atoms with van der Waals surface area (Å²) in [6, 6.07) is 15.2. The Bertz CT molecular complexity index is 1190. The van der Waals surface area contributed by atoms with Crippen LogP contribution in [0.15, 0.2) is 48.5 Å². The number of benzene rings is 2. The van der Waals surface area contributed by atoms with Gasteiger partial charge in [0.15, 0.2) is 0 Å². The summed E-state index contributed by atoms with van der Waals surface area (Å²) in [7, 11) is 0. The lowest BCUT2D eigenvalue weighted by molar-refractivity contribution is 0.0684. The van der Waals surface area contributed by atoms with Gasteiger partial charge in [0.1, 0.15) is 5.69 Å². The zero-order valence-electron chi connectivity index (χ0n) is 18.0. The van der Waals surface area contributed by atoms with E-state index in [1.807, 2.05) is 36.9 Å². The second-order valence-corrected chi connectivity index (χ2v) is 10.3. The standard InChI is InChI=1S/C25H24ClN3O2S/c1-14-4-3-5-17(10-14)23-22(28-15(2)32-23)25(31)29-20(11-18-12-21(18)29)13-27-24(30)16-6-8-19(26)9-7-16/h3-10,18,20-21H,11-13H2,1-2H3,(H,27,30)/t18-,20-,21-/m0/s1. The minimum absolute atomic E-state index is 0.0186. The average molecular weight is 466 g/mol. The molecule has 1 aliphatic heterocycles. The number of carbonyl (C=O) groups is 2. The van der Waals surface area contributed by atoms with Gasteiger partial charge in [-0.05, 0) is 62.4 Å². The first-order valence-electron chi connectivity index (χ1n) is 10.8. The normalized spacial score (nSPS) is 21.3. The Morgan fingerprint density at radius 1 is 1.16 bits per heavy atom. The molecule has 2 fully saturated rings. The van der Waals surface area contributed by atoms with Gasteiger partial charge in [-0.25, -0.2) is 4.98 Å². The van der Waals surface area contributed by atoms with E-state index in [0.717, 1.165) is 33.9 Å². The summed E-state index contributed by atoms with van der Waals surface area (Å²) < 4.78 is 0. The maximum Gasteiger partial charge on any atom is 0.274 e. The Hall–Kier alpha value is -2.70. The molecule has 32 heavy (non-hydrogen) atoms. The number of hydrogen-bond donors (Lipinski definition) is 1. The number of hydrogen-bond acceptors (Lipinski definition) is 4. The summed E-state index contributed by atoms with van der Waals surface area (Å²) in [5.41, 5.74) is 3.27. The van der Waals surface area contributed by atoms with Gasteiger partial charge in [0, 0.05) is 23.2 Å². The van der Waals surface area contributed by atoms with Crippen molar-refractivity contribution in [3.63, 3.8) is 0 Å². The van der Waals surface area contributed by atoms with E-state index in [1.165, 1.54) is 0 Å². The first-order chi connectivity index (χ1) is 15.4. The largest absolute Gasteiger partial charge is 0.350 e. The highest BCUT2D eigenvalue weighted by molar-refractivity contribution is 7.15. The Balaban J connectivity index is 1.35. The molecule has 0 radical (unpaired) electrons. The molecule has 164 valence electrons. The number of halogens is 1. The van der Waals surface area contributed by atoms with Gasteiger partial charge >= 0.3 is 0 Å². The Kier molecular flexibility index (Phi) is 5.51. The van der Waals surface area contributed by atoms with Gasteiger partial charge in [0.25, 0.3) is 11.8 Å². The van der Waals surface area contributed by atoms with Gasteiger partial charge in [-0.15, -0.1) is 11.3 Å². The number of piperidine rings is 1. The highest BCUT2D eigenvalue weighted by Gasteiger charge is 2.54. The van der Waals surface area contributed by atoms with Crippen molar-refractivity contribution in [2.45, 2.75) is 38.8 Å². The Labute approximate surface area is 196 Å². The number of aromatic nitrogens is 1. The van der Waals surface area contributed by atoms with Gasteiger partial charge in [-0.2, -0.15) is 0 Å². The molecule has 2 aromatic carbocycles. The minimum Gasteiger partial charge on any atom is -0.350 e. The molecule has 2 amide bonds. The predicted molar refractivity (Wildman–Crippen MR) is 127 cm³/mol. The Morgan fingerprint density at radius 3 is 2.69 bits per heavy atom. The quantitative estimate of drug-likeness (QED) is 0.569. The summed E-state index contributed by atoms with van der Waals surface area (Å²) in [6.45, 7) is 4.42. The van der Waals surface area contributed by atoms with E-state index in [0.29, 0.717) is 28.7 Å². The van der Waals surface area contributed by atoms with Crippen LogP contribution in [-0.2, 0) is 0 Å². The van der Waals surface area contributed by atoms with Gasteiger partial charge < -0.3 is 10.2 Å². The maximum atomic E-state index is 13.7. The van der Waals surface area contributed by atoms with E-state index in [-0.39, 0.29) is 23.9 Å². The van der Waals surface area contributed by atoms with Gasteiger partial charge in [0.2, 0.25) is 0 Å². The van der Waals surface area contributed by atoms with Crippen LogP contribution >= 0.6 is 22.9 Å². The lowest BCUT2D eigenvalue weighted by atomic mass is 10.1. The number of fused-ring (bicyclic) bond motifs is 1. The molecular formula is C25H24ClN3O2S. The SMILES string of the molecule is Cc1cccc(-c2sc(C)nc2C(=O)N2[C@H](CNC(=O)c3ccc(Cl)cc3)C[C@H]3C[C@@H]32)c1. The summed E-state index contributed by atoms with van der Waals surface area (Å²) in [4.78, 5) is 33.8. The van der Waals surface area contributed by atoms with Crippen LogP contribution in [0.2, 0.25) is 5.02 Å². The highest BCUT2D eigenvalue weighted by atomic mass is 35.5. The summed E-state index contributed by atoms with van der Waals surface area (Å²) in [5, 5.41) is 4.48. The number of nitrogens with one attached hydrogen (secondary N) is 1. The van der Waals surface area contributed by atoms with Gasteiger partial charge in [-0.3, -0.25) is 9.59 Å². The molecule has 1 saturated heterocycles. The monoisotopic (exact) mass is 465 g/mol. The molecule has 0 unspecified atom stereocenters. The number of aryl methyl sites for hydroxylation is 2. The third-order valence-corrected chi connectivity index (χ3v) is 7.54. The third kappa shape index (κ3) is 4.05. The van der Waals surface area contributed by atoms with Crippen LogP contribution in [0.4, 0.5) is 0 Å². The van der Waals surface area contributed by atoms with Crippen molar-refractivity contribution < 1.29 is 9.59 Å². The van der Waals surface area contributed by atoms with E-state index in [2.05, 4.69) is 16.4 Å². The fraction of sp³-hybridized carbons (Fsp3) is 0.320. The van der Waals surface area contributed by atoms with Crippen molar-refractivity contribution in [2.24, 2.45) is 5.92 Å². The second-order valence-electron chi connectivity index (χ2n) is 8.66. The maximum absolute atomic E-state index is 13.7. The molecular weight excluding hydrogens is 442 g/mol. The molecule has 3 aromatic rings. The van der Waals surface area contributed by atoms with Crippen LogP contribution < -0.4 is 5.32 Å². The molecule has 1 N–H and O–H groups in total. The fourth-order valence-electron chi connectivity index (χ4n) is 4.65. The van der Waals surface area contributed by atoms with E-state index in [4.69, 9.17) is 11.6 Å². The van der Waals surface area contributed by atoms with Crippen molar-refractivity contribution in [3.8, 4) is 10.4 Å². The third-order valence-electron chi connectivity index (χ3n) is 6.27. The first-order valence-corrected chi connectivity index (χ1v) is 12.0. The number of carbonyl (C=O) groups excluding carboxylic acids is 2. The van der Waals surface area contributed by atoms with Crippen molar-refractivity contribution >= 4 is 34.8 Å². The number of rotatable bonds is 5. The lowest BCUT2D eigenvalue weighted by Gasteiger charge is -2.27. The van der Waals surface area contributed by atoms with Crippen molar-refractivity contribution in [1.82, 2.24) is 15.2 Å². The molecule has 0 spiro atoms. The molecule has 1 saturated carbocycles. The lowest BCUT2D eigenvalue weighted by Crippen LogP contribution is -2.45. The molecule has 2 heterocycles. The number of nitrogens with zero attached hydrogens (tertiary/aromatic N) is 2. The highest BCUT2D eigenvalue weighted by Crippen LogP contribution is 2.48. The second kappa shape index (κ2) is 8.34. The predicted octanol–water partition coefficient (Wildman–Crippen LogP) is 5.11. The van der Waals surface area contributed by atoms with Crippen molar-refractivity contribution in [2.75, 3.05) is 6.54 Å². The van der Waals surface area contributed by atoms with E-state index < -0.39 is 0 Å². The number of thiazole rings is 1. The summed E-state index contributed by atoms with van der Waals surface area (Å²) >= 11 is 7.47. The fourth-order valence-corrected chi connectivity index (χ4v) is 5.68. The molecule has 1 aromatic heterocycles. The van der Waals surface area contributed by atoms with E-state index in [1.54, 1.807) is 35.6 Å². The number of amides is 2. The van der Waals surface area contributed by atoms with Crippen LogP contribution in [0.3, 0.4) is 0 Å². The molecule has 7 heteroatoms. The van der Waals surface area contributed by atoms with Crippen molar-refractivity contribution in [3.05, 3.63) is 75.4 Å². The average Bonchev–Trinajstić information content (AvgIpc) is 3.26. The number of likely N-dealkylation sites (tertiary alicyclic amines) is 1. The summed E-state index contributed by atoms with van der Waals surface area (Å²) in [6.07, 6.45) is 1.95. The van der Waals surface area contributed by atoms with E-state index >= 15 is 0 Å². The Morgan fingerprint density at radius 2 is 1.94 bits per heavy atom. The van der Waals surface area contributed by atoms with Gasteiger partial charge in [0.05, 0.1) is 15.9 Å². The van der Waals surface area contributed by atoms with Crippen molar-refractivity contribution in [1.29, 1.82) is 0 Å². The van der Waals surface area contributed by atoms with E-state index in [9.17, 15) is 9.59 Å². The van der Waals surface area contributed by atoms with Crippen LogP contribution in [0, 0.1) is 19.8 Å². The van der Waals surface area contributed by atoms with Crippen LogP contribution in [0.25, 0.3) is 10.4 Å². The molecule has 2 aliphatic rings. The molecule has 0 bridgehead atoms. The molecule has 1 aliphatic carbocycles. The van der Waals surface area contributed by atoms with Crippen LogP contribution in [-0.4, -0.2) is 40.3 Å². The van der Waals surface area contributed by atoms with Gasteiger partial charge in [-0.1, -0.05) is 41.4 Å². The molecule has 5 rings (SSSR count). The minimum atomic E-state index is -0.153. The molecule has 5 nitrogen and oxygen atoms in total. The summed E-state index contributed by atoms with van der Waals surface area (Å²) in [5.74, 6) is 0.347. The topological polar surface area (TPSA) is 62.3 Å².